The molecule has 0 aliphatic carbocycles. The summed E-state index contributed by atoms with van der Waals surface area (Å²) >= 11 is 11.9. The molecule has 0 fully saturated rings. The van der Waals surface area contributed by atoms with E-state index in [0.717, 1.165) is 0 Å². The molecule has 1 amide bonds. The third-order valence-corrected chi connectivity index (χ3v) is 4.02. The molecule has 25 heavy (non-hydrogen) atoms. The van der Waals surface area contributed by atoms with Crippen LogP contribution in [0.25, 0.3) is 0 Å². The predicted octanol–water partition coefficient (Wildman–Crippen LogP) is 5.24. The van der Waals surface area contributed by atoms with Crippen LogP contribution in [-0.4, -0.2) is 18.3 Å². The number of halogens is 2. The van der Waals surface area contributed by atoms with Crippen molar-refractivity contribution in [1.82, 2.24) is 0 Å². The van der Waals surface area contributed by atoms with Gasteiger partial charge in [-0.25, -0.2) is 0 Å². The van der Waals surface area contributed by atoms with Gasteiger partial charge in [0, 0.05) is 22.2 Å². The lowest BCUT2D eigenvalue weighted by Gasteiger charge is -2.17. The lowest BCUT2D eigenvalue weighted by molar-refractivity contribution is -0.128. The molecule has 0 radical (unpaired) electrons. The van der Waals surface area contributed by atoms with E-state index < -0.39 is 5.41 Å². The van der Waals surface area contributed by atoms with Gasteiger partial charge >= 0.3 is 0 Å². The Kier molecular flexibility index (Phi) is 6.09. The number of benzene rings is 2. The molecule has 0 heterocycles. The van der Waals surface area contributed by atoms with Crippen molar-refractivity contribution in [3.05, 3.63) is 58.1 Å². The Morgan fingerprint density at radius 1 is 1.08 bits per heavy atom. The maximum atomic E-state index is 12.3. The lowest BCUT2D eigenvalue weighted by Crippen LogP contribution is -2.26. The van der Waals surface area contributed by atoms with Gasteiger partial charge in [-0.05, 0) is 30.3 Å². The molecule has 0 unspecified atom stereocenters. The van der Waals surface area contributed by atoms with Crippen molar-refractivity contribution >= 4 is 40.6 Å². The standard InChI is InChI=1S/C19H19Cl2NO3/c1-19(2,3)17(23)11-25-14-6-4-5-13(10-14)22-18(24)15-8-7-12(20)9-16(15)21/h4-10H,11H2,1-3H3,(H,22,24). The Morgan fingerprint density at radius 2 is 1.80 bits per heavy atom. The van der Waals surface area contributed by atoms with Crippen molar-refractivity contribution in [3.63, 3.8) is 0 Å². The maximum Gasteiger partial charge on any atom is 0.257 e. The van der Waals surface area contributed by atoms with Gasteiger partial charge in [0.1, 0.15) is 12.4 Å². The molecular weight excluding hydrogens is 361 g/mol. The molecular formula is C19H19Cl2NO3. The van der Waals surface area contributed by atoms with E-state index in [1.54, 1.807) is 36.4 Å². The number of rotatable bonds is 5. The first-order chi connectivity index (χ1) is 11.7. The number of nitrogens with one attached hydrogen (secondary N) is 1. The number of hydrogen-bond acceptors (Lipinski definition) is 3. The number of amides is 1. The second-order valence-electron chi connectivity index (χ2n) is 6.57. The molecule has 0 bridgehead atoms. The average Bonchev–Trinajstić information content (AvgIpc) is 2.51. The molecule has 0 saturated carbocycles. The molecule has 1 N–H and O–H groups in total. The highest BCUT2D eigenvalue weighted by Gasteiger charge is 2.21. The van der Waals surface area contributed by atoms with Crippen LogP contribution in [0.5, 0.6) is 5.75 Å². The lowest BCUT2D eigenvalue weighted by atomic mass is 9.91. The highest BCUT2D eigenvalue weighted by molar-refractivity contribution is 6.37. The van der Waals surface area contributed by atoms with Crippen LogP contribution >= 0.6 is 23.2 Å². The fourth-order valence-electron chi connectivity index (χ4n) is 1.90. The van der Waals surface area contributed by atoms with Crippen LogP contribution in [0.15, 0.2) is 42.5 Å². The van der Waals surface area contributed by atoms with Crippen molar-refractivity contribution in [2.75, 3.05) is 11.9 Å². The second kappa shape index (κ2) is 7.89. The molecule has 0 aliphatic rings. The summed E-state index contributed by atoms with van der Waals surface area (Å²) in [6.45, 7) is 5.49. The first kappa shape index (κ1) is 19.3. The second-order valence-corrected chi connectivity index (χ2v) is 7.41. The predicted molar refractivity (Wildman–Crippen MR) is 101 cm³/mol. The summed E-state index contributed by atoms with van der Waals surface area (Å²) in [5, 5.41) is 3.48. The monoisotopic (exact) mass is 379 g/mol. The Hall–Kier alpha value is -2.04. The highest BCUT2D eigenvalue weighted by Crippen LogP contribution is 2.24. The SMILES string of the molecule is CC(C)(C)C(=O)COc1cccc(NC(=O)c2ccc(Cl)cc2Cl)c1. The smallest absolute Gasteiger partial charge is 0.257 e. The molecule has 4 nitrogen and oxygen atoms in total. The third kappa shape index (κ3) is 5.48. The minimum Gasteiger partial charge on any atom is -0.486 e. The molecule has 6 heteroatoms. The first-order valence-electron chi connectivity index (χ1n) is 7.69. The quantitative estimate of drug-likeness (QED) is 0.772. The van der Waals surface area contributed by atoms with Crippen LogP contribution in [0.3, 0.4) is 0 Å². The number of carbonyl (C=O) groups excluding carboxylic acids is 2. The Bertz CT molecular complexity index is 797. The van der Waals surface area contributed by atoms with E-state index in [2.05, 4.69) is 5.32 Å². The number of anilines is 1. The number of ether oxygens (including phenoxy) is 1. The zero-order chi connectivity index (χ0) is 18.6. The third-order valence-electron chi connectivity index (χ3n) is 3.47. The Morgan fingerprint density at radius 3 is 2.44 bits per heavy atom. The maximum absolute atomic E-state index is 12.3. The Balaban J connectivity index is 2.06. The molecule has 2 aromatic carbocycles. The Labute approximate surface area is 157 Å². The van der Waals surface area contributed by atoms with Crippen molar-refractivity contribution in [3.8, 4) is 5.75 Å². The number of ketones is 1. The van der Waals surface area contributed by atoms with Crippen LogP contribution in [0.1, 0.15) is 31.1 Å². The van der Waals surface area contributed by atoms with E-state index in [1.807, 2.05) is 20.8 Å². The van der Waals surface area contributed by atoms with Crippen LogP contribution < -0.4 is 10.1 Å². The summed E-state index contributed by atoms with van der Waals surface area (Å²) in [6.07, 6.45) is 0. The van der Waals surface area contributed by atoms with Crippen molar-refractivity contribution in [2.24, 2.45) is 5.41 Å². The minimum absolute atomic E-state index is 0.00474. The van der Waals surface area contributed by atoms with E-state index in [1.165, 1.54) is 6.07 Å². The molecule has 0 spiro atoms. The van der Waals surface area contributed by atoms with E-state index in [4.69, 9.17) is 27.9 Å². The molecule has 0 saturated heterocycles. The van der Waals surface area contributed by atoms with Gasteiger partial charge < -0.3 is 10.1 Å². The van der Waals surface area contributed by atoms with Gasteiger partial charge in [0.2, 0.25) is 0 Å². The van der Waals surface area contributed by atoms with Gasteiger partial charge in [0.25, 0.3) is 5.91 Å². The zero-order valence-corrected chi connectivity index (χ0v) is 15.7. The van der Waals surface area contributed by atoms with Gasteiger partial charge in [0.05, 0.1) is 10.6 Å². The fourth-order valence-corrected chi connectivity index (χ4v) is 2.40. The van der Waals surface area contributed by atoms with Crippen molar-refractivity contribution in [1.29, 1.82) is 0 Å². The molecule has 0 aromatic heterocycles. The summed E-state index contributed by atoms with van der Waals surface area (Å²) in [5.41, 5.74) is 0.397. The first-order valence-corrected chi connectivity index (χ1v) is 8.45. The number of hydrogen-bond donors (Lipinski definition) is 1. The highest BCUT2D eigenvalue weighted by atomic mass is 35.5. The van der Waals surface area contributed by atoms with Crippen molar-refractivity contribution in [2.45, 2.75) is 20.8 Å². The summed E-state index contributed by atoms with van der Waals surface area (Å²) in [5.74, 6) is 0.136. The van der Waals surface area contributed by atoms with Gasteiger partial charge in [-0.3, -0.25) is 9.59 Å². The van der Waals surface area contributed by atoms with Crippen LogP contribution in [0.2, 0.25) is 10.0 Å². The molecule has 132 valence electrons. The van der Waals surface area contributed by atoms with Crippen LogP contribution in [0.4, 0.5) is 5.69 Å². The topological polar surface area (TPSA) is 55.4 Å². The summed E-state index contributed by atoms with van der Waals surface area (Å²) in [7, 11) is 0. The molecule has 2 aromatic rings. The summed E-state index contributed by atoms with van der Waals surface area (Å²) < 4.78 is 5.52. The van der Waals surface area contributed by atoms with Crippen LogP contribution in [-0.2, 0) is 4.79 Å². The van der Waals surface area contributed by atoms with E-state index in [9.17, 15) is 9.59 Å². The number of carbonyl (C=O) groups is 2. The van der Waals surface area contributed by atoms with Gasteiger partial charge in [-0.15, -0.1) is 0 Å². The molecule has 2 rings (SSSR count). The average molecular weight is 380 g/mol. The number of Topliss-reactive ketones (excluding diaryl/α,β-unsaturated/α-hetero) is 1. The summed E-state index contributed by atoms with van der Waals surface area (Å²) in [4.78, 5) is 24.3. The summed E-state index contributed by atoms with van der Waals surface area (Å²) in [6, 6.07) is 11.5. The van der Waals surface area contributed by atoms with Gasteiger partial charge in [-0.2, -0.15) is 0 Å². The normalized spacial score (nSPS) is 11.1. The zero-order valence-electron chi connectivity index (χ0n) is 14.2. The van der Waals surface area contributed by atoms with E-state index in [0.29, 0.717) is 22.0 Å². The van der Waals surface area contributed by atoms with E-state index in [-0.39, 0.29) is 23.3 Å². The fraction of sp³-hybridized carbons (Fsp3) is 0.263. The van der Waals surface area contributed by atoms with Crippen LogP contribution in [0, 0.1) is 5.41 Å². The molecule has 0 aliphatic heterocycles. The van der Waals surface area contributed by atoms with Crippen molar-refractivity contribution < 1.29 is 14.3 Å². The van der Waals surface area contributed by atoms with E-state index >= 15 is 0 Å². The minimum atomic E-state index is -0.461. The van der Waals surface area contributed by atoms with Gasteiger partial charge in [0.15, 0.2) is 5.78 Å². The van der Waals surface area contributed by atoms with Gasteiger partial charge in [-0.1, -0.05) is 50.0 Å². The largest absolute Gasteiger partial charge is 0.486 e. The molecule has 0 atom stereocenters.